The summed E-state index contributed by atoms with van der Waals surface area (Å²) in [6.45, 7) is 1.63. The van der Waals surface area contributed by atoms with E-state index in [0.29, 0.717) is 16.2 Å². The zero-order valence-electron chi connectivity index (χ0n) is 12.7. The molecule has 0 aromatic heterocycles. The third-order valence-corrected chi connectivity index (χ3v) is 4.07. The van der Waals surface area contributed by atoms with Crippen molar-refractivity contribution in [2.75, 3.05) is 5.75 Å². The Morgan fingerprint density at radius 1 is 1.29 bits per heavy atom. The largest absolute Gasteiger partial charge is 0.272 e. The van der Waals surface area contributed by atoms with Crippen LogP contribution in [0.5, 0.6) is 0 Å². The van der Waals surface area contributed by atoms with Gasteiger partial charge in [0.05, 0.1) is 16.4 Å². The van der Waals surface area contributed by atoms with Crippen LogP contribution in [-0.2, 0) is 4.79 Å². The Labute approximate surface area is 141 Å². The molecular formula is C16H14FN3O3S. The first-order chi connectivity index (χ1) is 11.5. The van der Waals surface area contributed by atoms with E-state index in [1.807, 2.05) is 0 Å². The highest BCUT2D eigenvalue weighted by atomic mass is 32.2. The Hall–Kier alpha value is -2.74. The molecule has 124 valence electrons. The van der Waals surface area contributed by atoms with Gasteiger partial charge in [0, 0.05) is 22.6 Å². The number of hydrogen-bond donors (Lipinski definition) is 1. The van der Waals surface area contributed by atoms with Gasteiger partial charge in [-0.1, -0.05) is 24.3 Å². The van der Waals surface area contributed by atoms with Crippen molar-refractivity contribution >= 4 is 29.1 Å². The summed E-state index contributed by atoms with van der Waals surface area (Å²) >= 11 is 1.06. The van der Waals surface area contributed by atoms with E-state index in [4.69, 9.17) is 0 Å². The van der Waals surface area contributed by atoms with Crippen LogP contribution in [0.25, 0.3) is 0 Å². The first-order valence-corrected chi connectivity index (χ1v) is 7.91. The Morgan fingerprint density at radius 2 is 2.04 bits per heavy atom. The number of rotatable bonds is 6. The van der Waals surface area contributed by atoms with Crippen LogP contribution in [-0.4, -0.2) is 22.3 Å². The van der Waals surface area contributed by atoms with E-state index in [2.05, 4.69) is 10.5 Å². The van der Waals surface area contributed by atoms with Crippen molar-refractivity contribution < 1.29 is 14.1 Å². The molecule has 0 radical (unpaired) electrons. The number of benzene rings is 2. The number of nitrogens with zero attached hydrogens (tertiary/aromatic N) is 2. The Bertz CT molecular complexity index is 796. The normalized spacial score (nSPS) is 11.2. The molecule has 8 heteroatoms. The van der Waals surface area contributed by atoms with Gasteiger partial charge in [0.1, 0.15) is 5.82 Å². The molecule has 1 N–H and O–H groups in total. The number of nitro benzene ring substituents is 1. The third-order valence-electron chi connectivity index (χ3n) is 3.02. The molecule has 0 atom stereocenters. The average Bonchev–Trinajstić information content (AvgIpc) is 2.59. The van der Waals surface area contributed by atoms with E-state index in [0.717, 1.165) is 11.8 Å². The van der Waals surface area contributed by atoms with E-state index in [-0.39, 0.29) is 17.3 Å². The average molecular weight is 347 g/mol. The summed E-state index contributed by atoms with van der Waals surface area (Å²) in [4.78, 5) is 22.4. The second kappa shape index (κ2) is 8.21. The Kier molecular flexibility index (Phi) is 6.02. The minimum atomic E-state index is -0.500. The molecule has 2 aromatic carbocycles. The van der Waals surface area contributed by atoms with E-state index in [1.165, 1.54) is 18.2 Å². The number of amides is 1. The summed E-state index contributed by atoms with van der Waals surface area (Å²) in [5, 5.41) is 14.7. The monoisotopic (exact) mass is 347 g/mol. The van der Waals surface area contributed by atoms with Gasteiger partial charge in [0.15, 0.2) is 0 Å². The van der Waals surface area contributed by atoms with Crippen molar-refractivity contribution in [1.82, 2.24) is 5.43 Å². The van der Waals surface area contributed by atoms with Crippen LogP contribution in [0.1, 0.15) is 12.5 Å². The second-order valence-electron chi connectivity index (χ2n) is 4.76. The Balaban J connectivity index is 1.94. The van der Waals surface area contributed by atoms with Crippen molar-refractivity contribution in [2.45, 2.75) is 11.8 Å². The van der Waals surface area contributed by atoms with Crippen molar-refractivity contribution in [3.8, 4) is 0 Å². The van der Waals surface area contributed by atoms with Crippen molar-refractivity contribution in [1.29, 1.82) is 0 Å². The summed E-state index contributed by atoms with van der Waals surface area (Å²) < 4.78 is 13.4. The highest BCUT2D eigenvalue weighted by Crippen LogP contribution is 2.20. The van der Waals surface area contributed by atoms with Crippen LogP contribution in [0.15, 0.2) is 58.5 Å². The van der Waals surface area contributed by atoms with Gasteiger partial charge in [0.2, 0.25) is 5.91 Å². The zero-order chi connectivity index (χ0) is 17.5. The van der Waals surface area contributed by atoms with Gasteiger partial charge in [-0.3, -0.25) is 14.9 Å². The standard InChI is InChI=1S/C16H14FN3O3S/c1-11(12-5-4-6-13(9-12)20(22)23)18-19-16(21)10-24-15-8-3-2-7-14(15)17/h2-9H,10H2,1H3,(H,19,21)/b18-11+. The number of hydrogen-bond acceptors (Lipinski definition) is 5. The molecular weight excluding hydrogens is 333 g/mol. The minimum Gasteiger partial charge on any atom is -0.272 e. The molecule has 0 saturated heterocycles. The van der Waals surface area contributed by atoms with Crippen LogP contribution in [0.2, 0.25) is 0 Å². The van der Waals surface area contributed by atoms with Gasteiger partial charge in [-0.25, -0.2) is 9.82 Å². The fourth-order valence-electron chi connectivity index (χ4n) is 1.79. The highest BCUT2D eigenvalue weighted by Gasteiger charge is 2.09. The van der Waals surface area contributed by atoms with Crippen molar-refractivity contribution in [3.05, 3.63) is 70.0 Å². The van der Waals surface area contributed by atoms with Crippen LogP contribution in [0.3, 0.4) is 0 Å². The zero-order valence-corrected chi connectivity index (χ0v) is 13.5. The molecule has 1 amide bonds. The molecule has 0 aliphatic carbocycles. The summed E-state index contributed by atoms with van der Waals surface area (Å²) in [5.41, 5.74) is 3.27. The number of non-ortho nitro benzene ring substituents is 1. The fourth-order valence-corrected chi connectivity index (χ4v) is 2.52. The summed E-state index contributed by atoms with van der Waals surface area (Å²) in [5.74, 6) is -0.772. The van der Waals surface area contributed by atoms with E-state index < -0.39 is 10.8 Å². The van der Waals surface area contributed by atoms with Crippen molar-refractivity contribution in [2.24, 2.45) is 5.10 Å². The molecule has 2 aromatic rings. The molecule has 0 unspecified atom stereocenters. The predicted molar refractivity (Wildman–Crippen MR) is 90.6 cm³/mol. The van der Waals surface area contributed by atoms with Gasteiger partial charge in [-0.2, -0.15) is 5.10 Å². The number of hydrazone groups is 1. The van der Waals surface area contributed by atoms with Gasteiger partial charge in [0.25, 0.3) is 5.69 Å². The maximum atomic E-state index is 13.4. The highest BCUT2D eigenvalue weighted by molar-refractivity contribution is 8.00. The molecule has 0 spiro atoms. The molecule has 0 fully saturated rings. The summed E-state index contributed by atoms with van der Waals surface area (Å²) in [6, 6.07) is 12.1. The first kappa shape index (κ1) is 17.6. The molecule has 2 rings (SSSR count). The number of halogens is 1. The van der Waals surface area contributed by atoms with Gasteiger partial charge in [-0.15, -0.1) is 11.8 Å². The maximum Gasteiger partial charge on any atom is 0.270 e. The number of nitrogens with one attached hydrogen (secondary N) is 1. The van der Waals surface area contributed by atoms with E-state index >= 15 is 0 Å². The van der Waals surface area contributed by atoms with Gasteiger partial charge < -0.3 is 0 Å². The van der Waals surface area contributed by atoms with Crippen LogP contribution in [0, 0.1) is 15.9 Å². The molecule has 0 aliphatic rings. The molecule has 0 heterocycles. The number of thioether (sulfide) groups is 1. The SMILES string of the molecule is C/C(=N\NC(=O)CSc1ccccc1F)c1cccc([N+](=O)[O-])c1. The quantitative estimate of drug-likeness (QED) is 0.376. The third kappa shape index (κ3) is 4.88. The molecule has 0 saturated carbocycles. The lowest BCUT2D eigenvalue weighted by molar-refractivity contribution is -0.384. The lowest BCUT2D eigenvalue weighted by atomic mass is 10.1. The number of nitro groups is 1. The molecule has 0 bridgehead atoms. The van der Waals surface area contributed by atoms with Crippen molar-refractivity contribution in [3.63, 3.8) is 0 Å². The lowest BCUT2D eigenvalue weighted by Crippen LogP contribution is -2.21. The topological polar surface area (TPSA) is 84.6 Å². The first-order valence-electron chi connectivity index (χ1n) is 6.92. The Morgan fingerprint density at radius 3 is 2.75 bits per heavy atom. The van der Waals surface area contributed by atoms with Gasteiger partial charge in [-0.05, 0) is 19.1 Å². The van der Waals surface area contributed by atoms with Gasteiger partial charge >= 0.3 is 0 Å². The van der Waals surface area contributed by atoms with Crippen LogP contribution < -0.4 is 5.43 Å². The maximum absolute atomic E-state index is 13.4. The van der Waals surface area contributed by atoms with E-state index in [1.54, 1.807) is 37.3 Å². The summed E-state index contributed by atoms with van der Waals surface area (Å²) in [7, 11) is 0. The number of carbonyl (C=O) groups excluding carboxylic acids is 1. The lowest BCUT2D eigenvalue weighted by Gasteiger charge is -2.04. The molecule has 6 nitrogen and oxygen atoms in total. The second-order valence-corrected chi connectivity index (χ2v) is 5.78. The molecule has 24 heavy (non-hydrogen) atoms. The van der Waals surface area contributed by atoms with E-state index in [9.17, 15) is 19.3 Å². The smallest absolute Gasteiger partial charge is 0.270 e. The fraction of sp³-hybridized carbons (Fsp3) is 0.125. The van der Waals surface area contributed by atoms with Crippen LogP contribution in [0.4, 0.5) is 10.1 Å². The molecule has 0 aliphatic heterocycles. The number of carbonyl (C=O) groups is 1. The van der Waals surface area contributed by atoms with Crippen LogP contribution >= 0.6 is 11.8 Å². The summed E-state index contributed by atoms with van der Waals surface area (Å²) in [6.07, 6.45) is 0. The predicted octanol–water partition coefficient (Wildman–Crippen LogP) is 3.37. The minimum absolute atomic E-state index is 0.00660.